The number of fused-ring (bicyclic) bond motifs is 1. The van der Waals surface area contributed by atoms with Crippen LogP contribution in [-0.4, -0.2) is 4.98 Å². The number of rotatable bonds is 2. The van der Waals surface area contributed by atoms with Gasteiger partial charge in [0, 0.05) is 22.5 Å². The van der Waals surface area contributed by atoms with Gasteiger partial charge in [-0.15, -0.1) is 0 Å². The van der Waals surface area contributed by atoms with Crippen molar-refractivity contribution < 1.29 is 0 Å². The van der Waals surface area contributed by atoms with E-state index in [-0.39, 0.29) is 5.56 Å². The van der Waals surface area contributed by atoms with Crippen LogP contribution in [0.1, 0.15) is 12.0 Å². The third-order valence-electron chi connectivity index (χ3n) is 2.39. The van der Waals surface area contributed by atoms with Crippen molar-refractivity contribution in [1.29, 1.82) is 5.26 Å². The van der Waals surface area contributed by atoms with Gasteiger partial charge in [-0.25, -0.2) is 0 Å². The SMILES string of the molecule is N#CCCc1cc2cc(Cl)ccc2[nH]c1=O. The molecule has 1 N–H and O–H groups in total. The number of H-pyrrole nitrogens is 1. The zero-order valence-electron chi connectivity index (χ0n) is 8.46. The first-order chi connectivity index (χ1) is 7.70. The molecule has 0 radical (unpaired) electrons. The van der Waals surface area contributed by atoms with Gasteiger partial charge in [0.2, 0.25) is 0 Å². The monoisotopic (exact) mass is 232 g/mol. The summed E-state index contributed by atoms with van der Waals surface area (Å²) in [5.41, 5.74) is 1.25. The van der Waals surface area contributed by atoms with Gasteiger partial charge in [-0.05, 0) is 36.1 Å². The van der Waals surface area contributed by atoms with Crippen LogP contribution in [0.25, 0.3) is 10.9 Å². The molecule has 1 aromatic heterocycles. The number of nitriles is 1. The highest BCUT2D eigenvalue weighted by Gasteiger charge is 2.03. The van der Waals surface area contributed by atoms with Gasteiger partial charge in [-0.1, -0.05) is 11.6 Å². The van der Waals surface area contributed by atoms with Crippen molar-refractivity contribution in [2.24, 2.45) is 0 Å². The van der Waals surface area contributed by atoms with E-state index in [1.165, 1.54) is 0 Å². The van der Waals surface area contributed by atoms with Crippen LogP contribution in [0, 0.1) is 11.3 Å². The van der Waals surface area contributed by atoms with E-state index in [2.05, 4.69) is 4.98 Å². The van der Waals surface area contributed by atoms with Gasteiger partial charge in [0.05, 0.1) is 6.07 Å². The summed E-state index contributed by atoms with van der Waals surface area (Å²) in [5.74, 6) is 0. The summed E-state index contributed by atoms with van der Waals surface area (Å²) in [6, 6.07) is 9.11. The van der Waals surface area contributed by atoms with E-state index < -0.39 is 0 Å². The van der Waals surface area contributed by atoms with Gasteiger partial charge >= 0.3 is 0 Å². The first-order valence-corrected chi connectivity index (χ1v) is 5.27. The van der Waals surface area contributed by atoms with Gasteiger partial charge in [-0.2, -0.15) is 5.26 Å². The van der Waals surface area contributed by atoms with Crippen LogP contribution in [0.2, 0.25) is 5.02 Å². The maximum absolute atomic E-state index is 11.6. The van der Waals surface area contributed by atoms with E-state index in [4.69, 9.17) is 16.9 Å². The Kier molecular flexibility index (Phi) is 2.93. The maximum atomic E-state index is 11.6. The lowest BCUT2D eigenvalue weighted by Crippen LogP contribution is -2.11. The fourth-order valence-electron chi connectivity index (χ4n) is 1.60. The molecule has 3 nitrogen and oxygen atoms in total. The predicted molar refractivity (Wildman–Crippen MR) is 63.5 cm³/mol. The average molecular weight is 233 g/mol. The van der Waals surface area contributed by atoms with Crippen LogP contribution in [0.15, 0.2) is 29.1 Å². The van der Waals surface area contributed by atoms with Crippen molar-refractivity contribution in [3.63, 3.8) is 0 Å². The molecule has 1 heterocycles. The minimum Gasteiger partial charge on any atom is -0.322 e. The van der Waals surface area contributed by atoms with Crippen LogP contribution in [0.4, 0.5) is 0 Å². The first kappa shape index (κ1) is 10.7. The van der Waals surface area contributed by atoms with Crippen molar-refractivity contribution in [2.75, 3.05) is 0 Å². The second-order valence-electron chi connectivity index (χ2n) is 3.51. The Hall–Kier alpha value is -1.79. The Morgan fingerprint density at radius 2 is 2.19 bits per heavy atom. The number of benzene rings is 1. The van der Waals surface area contributed by atoms with Gasteiger partial charge in [0.25, 0.3) is 5.56 Å². The highest BCUT2D eigenvalue weighted by Crippen LogP contribution is 2.17. The number of nitrogens with one attached hydrogen (secondary N) is 1. The standard InChI is InChI=1S/C12H9ClN2O/c13-10-3-4-11-9(7-10)6-8(2-1-5-14)12(16)15-11/h3-4,6-7H,1-2H2,(H,15,16). The molecule has 0 bridgehead atoms. The van der Waals surface area contributed by atoms with Crippen molar-refractivity contribution >= 4 is 22.5 Å². The van der Waals surface area contributed by atoms with Crippen LogP contribution >= 0.6 is 11.6 Å². The summed E-state index contributed by atoms with van der Waals surface area (Å²) >= 11 is 5.87. The molecule has 80 valence electrons. The number of hydrogen-bond acceptors (Lipinski definition) is 2. The fraction of sp³-hybridized carbons (Fsp3) is 0.167. The van der Waals surface area contributed by atoms with E-state index in [0.717, 1.165) is 10.9 Å². The molecular formula is C12H9ClN2O. The number of pyridine rings is 1. The molecule has 0 amide bonds. The molecule has 0 saturated heterocycles. The number of halogens is 1. The molecule has 0 aliphatic rings. The molecule has 0 aliphatic carbocycles. The molecule has 0 unspecified atom stereocenters. The molecule has 0 fully saturated rings. The van der Waals surface area contributed by atoms with Gasteiger partial charge in [-0.3, -0.25) is 4.79 Å². The van der Waals surface area contributed by atoms with Crippen LogP contribution in [-0.2, 0) is 6.42 Å². The molecule has 0 aliphatic heterocycles. The molecule has 0 saturated carbocycles. The Morgan fingerprint density at radius 1 is 1.38 bits per heavy atom. The summed E-state index contributed by atoms with van der Waals surface area (Å²) in [5, 5.41) is 10.0. The highest BCUT2D eigenvalue weighted by atomic mass is 35.5. The summed E-state index contributed by atoms with van der Waals surface area (Å²) in [6.45, 7) is 0. The van der Waals surface area contributed by atoms with Gasteiger partial charge < -0.3 is 4.98 Å². The van der Waals surface area contributed by atoms with Gasteiger partial charge in [0.15, 0.2) is 0 Å². The molecule has 1 aromatic carbocycles. The van der Waals surface area contributed by atoms with E-state index in [1.807, 2.05) is 6.07 Å². The third kappa shape index (κ3) is 2.07. The normalized spacial score (nSPS) is 10.2. The Bertz CT molecular complexity index is 625. The quantitative estimate of drug-likeness (QED) is 0.865. The number of hydrogen-bond donors (Lipinski definition) is 1. The summed E-state index contributed by atoms with van der Waals surface area (Å²) < 4.78 is 0. The van der Waals surface area contributed by atoms with Crippen molar-refractivity contribution in [2.45, 2.75) is 12.8 Å². The van der Waals surface area contributed by atoms with Gasteiger partial charge in [0.1, 0.15) is 0 Å². The smallest absolute Gasteiger partial charge is 0.251 e. The molecule has 0 spiro atoms. The van der Waals surface area contributed by atoms with E-state index in [1.54, 1.807) is 24.3 Å². The minimum absolute atomic E-state index is 0.134. The lowest BCUT2D eigenvalue weighted by atomic mass is 10.1. The zero-order chi connectivity index (χ0) is 11.5. The second kappa shape index (κ2) is 4.38. The minimum atomic E-state index is -0.134. The summed E-state index contributed by atoms with van der Waals surface area (Å²) in [4.78, 5) is 14.4. The highest BCUT2D eigenvalue weighted by molar-refractivity contribution is 6.31. The lowest BCUT2D eigenvalue weighted by molar-refractivity contribution is 0.984. The maximum Gasteiger partial charge on any atom is 0.251 e. The van der Waals surface area contributed by atoms with Crippen LogP contribution in [0.5, 0.6) is 0 Å². The van der Waals surface area contributed by atoms with E-state index in [9.17, 15) is 4.79 Å². The molecule has 4 heteroatoms. The lowest BCUT2D eigenvalue weighted by Gasteiger charge is -2.01. The van der Waals surface area contributed by atoms with E-state index >= 15 is 0 Å². The average Bonchev–Trinajstić information content (AvgIpc) is 2.27. The third-order valence-corrected chi connectivity index (χ3v) is 2.62. The van der Waals surface area contributed by atoms with Crippen LogP contribution in [0.3, 0.4) is 0 Å². The Labute approximate surface area is 97.3 Å². The first-order valence-electron chi connectivity index (χ1n) is 4.89. The summed E-state index contributed by atoms with van der Waals surface area (Å²) in [6.07, 6.45) is 0.809. The number of nitrogens with zero attached hydrogens (tertiary/aromatic N) is 1. The Balaban J connectivity index is 2.56. The largest absolute Gasteiger partial charge is 0.322 e. The predicted octanol–water partition coefficient (Wildman–Crippen LogP) is 2.64. The number of aryl methyl sites for hydroxylation is 1. The molecule has 2 rings (SSSR count). The van der Waals surface area contributed by atoms with Crippen molar-refractivity contribution in [3.05, 3.63) is 45.2 Å². The van der Waals surface area contributed by atoms with E-state index in [0.29, 0.717) is 23.4 Å². The second-order valence-corrected chi connectivity index (χ2v) is 3.95. The molecular weight excluding hydrogens is 224 g/mol. The fourth-order valence-corrected chi connectivity index (χ4v) is 1.78. The van der Waals surface area contributed by atoms with Crippen molar-refractivity contribution in [3.8, 4) is 6.07 Å². The topological polar surface area (TPSA) is 56.6 Å². The van der Waals surface area contributed by atoms with Crippen molar-refractivity contribution in [1.82, 2.24) is 4.98 Å². The zero-order valence-corrected chi connectivity index (χ0v) is 9.21. The Morgan fingerprint density at radius 3 is 2.94 bits per heavy atom. The van der Waals surface area contributed by atoms with Crippen LogP contribution < -0.4 is 5.56 Å². The summed E-state index contributed by atoms with van der Waals surface area (Å²) in [7, 11) is 0. The number of aromatic nitrogens is 1. The number of aromatic amines is 1. The molecule has 0 atom stereocenters. The molecule has 16 heavy (non-hydrogen) atoms. The molecule has 2 aromatic rings.